The number of rotatable bonds is 9. The zero-order valence-electron chi connectivity index (χ0n) is 18.1. The predicted molar refractivity (Wildman–Crippen MR) is 118 cm³/mol. The molecule has 0 aromatic heterocycles. The summed E-state index contributed by atoms with van der Waals surface area (Å²) in [5, 5.41) is 2.79. The van der Waals surface area contributed by atoms with E-state index in [-0.39, 0.29) is 0 Å². The summed E-state index contributed by atoms with van der Waals surface area (Å²) in [7, 11) is 1.55. The minimum Gasteiger partial charge on any atom is -0.493 e. The first kappa shape index (κ1) is 22.3. The van der Waals surface area contributed by atoms with Crippen LogP contribution in [0.5, 0.6) is 11.5 Å². The lowest BCUT2D eigenvalue weighted by Crippen LogP contribution is -2.44. The van der Waals surface area contributed by atoms with Gasteiger partial charge in [0.05, 0.1) is 19.8 Å². The normalized spacial score (nSPS) is 18.0. The van der Waals surface area contributed by atoms with Gasteiger partial charge in [-0.3, -0.25) is 4.79 Å². The van der Waals surface area contributed by atoms with Crippen molar-refractivity contribution >= 4 is 17.7 Å². The van der Waals surface area contributed by atoms with Crippen molar-refractivity contribution in [2.24, 2.45) is 10.9 Å². The molecule has 0 saturated heterocycles. The van der Waals surface area contributed by atoms with E-state index in [0.717, 1.165) is 18.4 Å². The summed E-state index contributed by atoms with van der Waals surface area (Å²) >= 11 is 0. The van der Waals surface area contributed by atoms with E-state index in [4.69, 9.17) is 14.2 Å². The molecule has 1 aliphatic rings. The fourth-order valence-corrected chi connectivity index (χ4v) is 3.44. The van der Waals surface area contributed by atoms with Crippen LogP contribution in [-0.4, -0.2) is 31.4 Å². The standard InChI is InChI=1S/C24H28N2O5/c1-4-5-13-30-23(27)21-16(2)25-24(28)26-22(21)18-11-12-19(20(14-18)29-3)31-15-17-9-7-6-8-10-17/h6-12,14,21-22H,4-5,13,15H2,1-3H3,(H,26,28). The lowest BCUT2D eigenvalue weighted by molar-refractivity contribution is -0.147. The lowest BCUT2D eigenvalue weighted by atomic mass is 9.88. The van der Waals surface area contributed by atoms with E-state index in [1.54, 1.807) is 26.2 Å². The molecule has 3 rings (SSSR count). The molecule has 0 saturated carbocycles. The maximum absolute atomic E-state index is 12.7. The highest BCUT2D eigenvalue weighted by atomic mass is 16.5. The topological polar surface area (TPSA) is 86.2 Å². The average Bonchev–Trinajstić information content (AvgIpc) is 2.77. The fourth-order valence-electron chi connectivity index (χ4n) is 3.44. The highest BCUT2D eigenvalue weighted by Crippen LogP contribution is 2.35. The number of carbonyl (C=O) groups is 2. The molecule has 1 N–H and O–H groups in total. The molecule has 164 valence electrons. The van der Waals surface area contributed by atoms with Crippen molar-refractivity contribution in [1.82, 2.24) is 5.32 Å². The Hall–Kier alpha value is -3.35. The third kappa shape index (κ3) is 5.63. The summed E-state index contributed by atoms with van der Waals surface area (Å²) in [5.74, 6) is -0.0101. The van der Waals surface area contributed by atoms with Crippen molar-refractivity contribution < 1.29 is 23.8 Å². The monoisotopic (exact) mass is 424 g/mol. The van der Waals surface area contributed by atoms with Gasteiger partial charge in [0.2, 0.25) is 0 Å². The predicted octanol–water partition coefficient (Wildman–Crippen LogP) is 4.46. The van der Waals surface area contributed by atoms with E-state index < -0.39 is 24.0 Å². The van der Waals surface area contributed by atoms with Gasteiger partial charge in [0.1, 0.15) is 12.5 Å². The van der Waals surface area contributed by atoms with Crippen molar-refractivity contribution in [3.8, 4) is 11.5 Å². The second-order valence-electron chi connectivity index (χ2n) is 7.36. The minimum atomic E-state index is -0.699. The van der Waals surface area contributed by atoms with Gasteiger partial charge in [-0.25, -0.2) is 9.79 Å². The third-order valence-electron chi connectivity index (χ3n) is 5.12. The van der Waals surface area contributed by atoms with E-state index in [0.29, 0.717) is 36.0 Å². The second-order valence-corrected chi connectivity index (χ2v) is 7.36. The molecule has 0 aliphatic carbocycles. The van der Waals surface area contributed by atoms with Crippen LogP contribution in [0, 0.1) is 5.92 Å². The van der Waals surface area contributed by atoms with Crippen molar-refractivity contribution in [3.05, 3.63) is 59.7 Å². The number of amides is 2. The van der Waals surface area contributed by atoms with E-state index in [9.17, 15) is 9.59 Å². The van der Waals surface area contributed by atoms with E-state index in [1.807, 2.05) is 43.3 Å². The van der Waals surface area contributed by atoms with E-state index >= 15 is 0 Å². The summed E-state index contributed by atoms with van der Waals surface area (Å²) in [6.45, 7) is 4.44. The maximum atomic E-state index is 12.7. The van der Waals surface area contributed by atoms with Crippen LogP contribution in [-0.2, 0) is 16.1 Å². The zero-order valence-corrected chi connectivity index (χ0v) is 18.1. The molecule has 0 radical (unpaired) electrons. The van der Waals surface area contributed by atoms with Crippen LogP contribution in [0.25, 0.3) is 0 Å². The van der Waals surface area contributed by atoms with Crippen LogP contribution in [0.1, 0.15) is 43.9 Å². The Balaban J connectivity index is 1.82. The summed E-state index contributed by atoms with van der Waals surface area (Å²) in [4.78, 5) is 28.7. The molecule has 1 aliphatic heterocycles. The molecule has 7 nitrogen and oxygen atoms in total. The van der Waals surface area contributed by atoms with Crippen molar-refractivity contribution in [1.29, 1.82) is 0 Å². The number of unbranched alkanes of at least 4 members (excludes halogenated alkanes) is 1. The molecule has 2 aromatic rings. The van der Waals surface area contributed by atoms with Gasteiger partial charge in [-0.1, -0.05) is 49.7 Å². The van der Waals surface area contributed by atoms with Crippen LogP contribution < -0.4 is 14.8 Å². The molecular weight excluding hydrogens is 396 g/mol. The number of methoxy groups -OCH3 is 1. The van der Waals surface area contributed by atoms with Crippen molar-refractivity contribution in [2.45, 2.75) is 39.3 Å². The lowest BCUT2D eigenvalue weighted by Gasteiger charge is -2.30. The van der Waals surface area contributed by atoms with E-state index in [2.05, 4.69) is 10.3 Å². The highest BCUT2D eigenvalue weighted by molar-refractivity contribution is 6.08. The largest absolute Gasteiger partial charge is 0.493 e. The number of nitrogens with zero attached hydrogens (tertiary/aromatic N) is 1. The Kier molecular flexibility index (Phi) is 7.65. The Labute approximate surface area is 182 Å². The van der Waals surface area contributed by atoms with Gasteiger partial charge < -0.3 is 19.5 Å². The smallest absolute Gasteiger partial charge is 0.341 e. The number of hydrogen-bond donors (Lipinski definition) is 1. The first-order valence-electron chi connectivity index (χ1n) is 10.4. The Morgan fingerprint density at radius 2 is 1.90 bits per heavy atom. The number of aliphatic imine (C=N–C) groups is 1. The van der Waals surface area contributed by atoms with E-state index in [1.165, 1.54) is 0 Å². The number of hydrogen-bond acceptors (Lipinski definition) is 5. The number of nitrogens with one attached hydrogen (secondary N) is 1. The molecule has 0 fully saturated rings. The Morgan fingerprint density at radius 3 is 2.61 bits per heavy atom. The molecule has 2 unspecified atom stereocenters. The molecule has 1 heterocycles. The van der Waals surface area contributed by atoms with Crippen LogP contribution in [0.2, 0.25) is 0 Å². The van der Waals surface area contributed by atoms with Crippen LogP contribution in [0.3, 0.4) is 0 Å². The first-order valence-corrected chi connectivity index (χ1v) is 10.4. The number of esters is 1. The number of ether oxygens (including phenoxy) is 3. The summed E-state index contributed by atoms with van der Waals surface area (Å²) in [6, 6.07) is 14.1. The molecule has 2 aromatic carbocycles. The molecular formula is C24H28N2O5. The van der Waals surface area contributed by atoms with Gasteiger partial charge in [-0.05, 0) is 36.6 Å². The minimum absolute atomic E-state index is 0.343. The maximum Gasteiger partial charge on any atom is 0.341 e. The van der Waals surface area contributed by atoms with Gasteiger partial charge >= 0.3 is 12.0 Å². The molecule has 2 atom stereocenters. The van der Waals surface area contributed by atoms with Gasteiger partial charge in [-0.2, -0.15) is 0 Å². The summed E-state index contributed by atoms with van der Waals surface area (Å²) in [6.07, 6.45) is 1.71. The van der Waals surface area contributed by atoms with Gasteiger partial charge in [-0.15, -0.1) is 0 Å². The zero-order chi connectivity index (χ0) is 22.2. The second kappa shape index (κ2) is 10.6. The summed E-state index contributed by atoms with van der Waals surface area (Å²) < 4.78 is 16.8. The molecule has 31 heavy (non-hydrogen) atoms. The number of carbonyl (C=O) groups excluding carboxylic acids is 2. The number of urea groups is 1. The average molecular weight is 424 g/mol. The summed E-state index contributed by atoms with van der Waals surface area (Å²) in [5.41, 5.74) is 2.18. The van der Waals surface area contributed by atoms with Crippen LogP contribution in [0.4, 0.5) is 4.79 Å². The van der Waals surface area contributed by atoms with Crippen molar-refractivity contribution in [2.75, 3.05) is 13.7 Å². The Bertz CT molecular complexity index is 942. The fraction of sp³-hybridized carbons (Fsp3) is 0.375. The van der Waals surface area contributed by atoms with Gasteiger partial charge in [0, 0.05) is 5.71 Å². The Morgan fingerprint density at radius 1 is 1.13 bits per heavy atom. The SMILES string of the molecule is CCCCOC(=O)C1C(C)=NC(=O)NC1c1ccc(OCc2ccccc2)c(OC)c1. The van der Waals surface area contributed by atoms with Gasteiger partial charge in [0.15, 0.2) is 11.5 Å². The van der Waals surface area contributed by atoms with Crippen LogP contribution in [0.15, 0.2) is 53.5 Å². The number of benzene rings is 2. The molecule has 7 heteroatoms. The highest BCUT2D eigenvalue weighted by Gasteiger charge is 2.38. The van der Waals surface area contributed by atoms with Gasteiger partial charge in [0.25, 0.3) is 0 Å². The first-order chi connectivity index (χ1) is 15.0. The van der Waals surface area contributed by atoms with Crippen LogP contribution >= 0.6 is 0 Å². The third-order valence-corrected chi connectivity index (χ3v) is 5.12. The quantitative estimate of drug-likeness (QED) is 0.474. The van der Waals surface area contributed by atoms with Crippen molar-refractivity contribution in [3.63, 3.8) is 0 Å². The molecule has 2 amide bonds. The molecule has 0 bridgehead atoms. The molecule has 0 spiro atoms.